The van der Waals surface area contributed by atoms with E-state index in [1.54, 1.807) is 36.4 Å². The number of benzene rings is 2. The van der Waals surface area contributed by atoms with E-state index in [1.807, 2.05) is 11.9 Å². The second kappa shape index (κ2) is 8.21. The summed E-state index contributed by atoms with van der Waals surface area (Å²) in [6, 6.07) is 11.9. The second-order valence-corrected chi connectivity index (χ2v) is 7.20. The summed E-state index contributed by atoms with van der Waals surface area (Å²) in [5, 5.41) is 3.93. The van der Waals surface area contributed by atoms with Crippen molar-refractivity contribution in [1.29, 1.82) is 0 Å². The van der Waals surface area contributed by atoms with Crippen molar-refractivity contribution >= 4 is 34.9 Å². The molecule has 0 saturated carbocycles. The maximum absolute atomic E-state index is 13.0. The molecule has 2 aromatic carbocycles. The molecule has 0 aromatic heterocycles. The molecule has 1 fully saturated rings. The number of hydrogen-bond donors (Lipinski definition) is 1. The number of likely N-dealkylation sites (tertiary alicyclic amines) is 1. The summed E-state index contributed by atoms with van der Waals surface area (Å²) in [4.78, 5) is 27.8. The molecule has 1 heterocycles. The number of hydrogen-bond acceptors (Lipinski definition) is 3. The predicted molar refractivity (Wildman–Crippen MR) is 104 cm³/mol. The zero-order valence-corrected chi connectivity index (χ0v) is 16.0. The summed E-state index contributed by atoms with van der Waals surface area (Å²) in [5.41, 5.74) is 1.20. The minimum atomic E-state index is -0.241. The molecular formula is C20H20Cl2N2O2. The molecule has 0 spiro atoms. The molecule has 1 N–H and O–H groups in total. The smallest absolute Gasteiger partial charge is 0.254 e. The first-order valence-electron chi connectivity index (χ1n) is 8.56. The molecule has 3 rings (SSSR count). The predicted octanol–water partition coefficient (Wildman–Crippen LogP) is 4.05. The molecule has 1 saturated heterocycles. The molecular weight excluding hydrogens is 371 g/mol. The third-order valence-electron chi connectivity index (χ3n) is 4.70. The van der Waals surface area contributed by atoms with Crippen LogP contribution in [0.25, 0.3) is 0 Å². The van der Waals surface area contributed by atoms with Gasteiger partial charge in [0.2, 0.25) is 0 Å². The summed E-state index contributed by atoms with van der Waals surface area (Å²) < 4.78 is 0. The van der Waals surface area contributed by atoms with E-state index < -0.39 is 0 Å². The monoisotopic (exact) mass is 390 g/mol. The van der Waals surface area contributed by atoms with Gasteiger partial charge in [0.1, 0.15) is 0 Å². The summed E-state index contributed by atoms with van der Waals surface area (Å²) >= 11 is 12.0. The normalized spacial score (nSPS) is 17.2. The Kier molecular flexibility index (Phi) is 5.97. The van der Waals surface area contributed by atoms with Gasteiger partial charge in [-0.05, 0) is 44.2 Å². The molecule has 0 aliphatic carbocycles. The summed E-state index contributed by atoms with van der Waals surface area (Å²) in [7, 11) is 1.90. The van der Waals surface area contributed by atoms with E-state index in [4.69, 9.17) is 23.2 Å². The van der Waals surface area contributed by atoms with Gasteiger partial charge in [0, 0.05) is 30.3 Å². The van der Waals surface area contributed by atoms with Crippen LogP contribution < -0.4 is 5.32 Å². The van der Waals surface area contributed by atoms with Crippen LogP contribution in [0.3, 0.4) is 0 Å². The van der Waals surface area contributed by atoms with Gasteiger partial charge in [0.15, 0.2) is 5.78 Å². The van der Waals surface area contributed by atoms with E-state index in [9.17, 15) is 9.59 Å². The fourth-order valence-electron chi connectivity index (χ4n) is 3.23. The van der Waals surface area contributed by atoms with Crippen LogP contribution in [-0.2, 0) is 0 Å². The summed E-state index contributed by atoms with van der Waals surface area (Å²) in [5.74, 6) is -0.358. The molecule has 1 aliphatic heterocycles. The van der Waals surface area contributed by atoms with Crippen molar-refractivity contribution in [3.8, 4) is 0 Å². The Balaban J connectivity index is 1.91. The van der Waals surface area contributed by atoms with Gasteiger partial charge in [0.05, 0.1) is 15.6 Å². The quantitative estimate of drug-likeness (QED) is 0.801. The zero-order valence-electron chi connectivity index (χ0n) is 14.5. The molecule has 4 nitrogen and oxygen atoms in total. The molecule has 0 bridgehead atoms. The lowest BCUT2D eigenvalue weighted by atomic mass is 9.96. The minimum Gasteiger partial charge on any atom is -0.337 e. The lowest BCUT2D eigenvalue weighted by Gasteiger charge is -2.33. The van der Waals surface area contributed by atoms with Gasteiger partial charge >= 0.3 is 0 Å². The van der Waals surface area contributed by atoms with Crippen LogP contribution in [0.1, 0.15) is 39.1 Å². The van der Waals surface area contributed by atoms with Gasteiger partial charge in [-0.3, -0.25) is 9.59 Å². The second-order valence-electron chi connectivity index (χ2n) is 6.38. The molecule has 0 radical (unpaired) electrons. The number of amides is 1. The van der Waals surface area contributed by atoms with Crippen molar-refractivity contribution in [3.05, 3.63) is 69.2 Å². The Bertz CT molecular complexity index is 838. The number of carbonyl (C=O) groups is 2. The summed E-state index contributed by atoms with van der Waals surface area (Å²) in [6.07, 6.45) is 1.99. The molecule has 6 heteroatoms. The van der Waals surface area contributed by atoms with Crippen LogP contribution in [0.5, 0.6) is 0 Å². The van der Waals surface area contributed by atoms with Crippen LogP contribution >= 0.6 is 23.2 Å². The molecule has 1 amide bonds. The van der Waals surface area contributed by atoms with E-state index in [0.717, 1.165) is 12.8 Å². The maximum atomic E-state index is 13.0. The fourth-order valence-corrected chi connectivity index (χ4v) is 3.53. The highest BCUT2D eigenvalue weighted by molar-refractivity contribution is 6.42. The third-order valence-corrected chi connectivity index (χ3v) is 5.44. The Labute approximate surface area is 163 Å². The molecule has 1 atom stereocenters. The van der Waals surface area contributed by atoms with Gasteiger partial charge in [-0.25, -0.2) is 0 Å². The van der Waals surface area contributed by atoms with Gasteiger partial charge in [-0.2, -0.15) is 0 Å². The van der Waals surface area contributed by atoms with Crippen molar-refractivity contribution in [2.45, 2.75) is 18.9 Å². The van der Waals surface area contributed by atoms with Crippen molar-refractivity contribution in [2.24, 2.45) is 0 Å². The average Bonchev–Trinajstić information content (AvgIpc) is 2.69. The van der Waals surface area contributed by atoms with Crippen molar-refractivity contribution in [2.75, 3.05) is 20.1 Å². The van der Waals surface area contributed by atoms with Crippen LogP contribution in [-0.4, -0.2) is 42.8 Å². The van der Waals surface area contributed by atoms with E-state index in [2.05, 4.69) is 5.32 Å². The maximum Gasteiger partial charge on any atom is 0.254 e. The van der Waals surface area contributed by atoms with Crippen LogP contribution in [0.15, 0.2) is 42.5 Å². The first-order valence-corrected chi connectivity index (χ1v) is 9.32. The molecule has 1 aliphatic rings. The summed E-state index contributed by atoms with van der Waals surface area (Å²) in [6.45, 7) is 1.34. The van der Waals surface area contributed by atoms with E-state index in [-0.39, 0.29) is 17.7 Å². The molecule has 1 unspecified atom stereocenters. The number of ketones is 1. The molecule has 26 heavy (non-hydrogen) atoms. The van der Waals surface area contributed by atoms with Crippen molar-refractivity contribution in [3.63, 3.8) is 0 Å². The van der Waals surface area contributed by atoms with E-state index in [0.29, 0.717) is 39.8 Å². The SMILES string of the molecule is CNC1CCCN(C(=O)c2ccccc2C(=O)c2ccc(Cl)c(Cl)c2)C1. The first kappa shape index (κ1) is 18.9. The largest absolute Gasteiger partial charge is 0.337 e. The number of nitrogens with zero attached hydrogens (tertiary/aromatic N) is 1. The van der Waals surface area contributed by atoms with Crippen LogP contribution in [0, 0.1) is 0 Å². The number of likely N-dealkylation sites (N-methyl/N-ethyl adjacent to an activating group) is 1. The van der Waals surface area contributed by atoms with Crippen molar-refractivity contribution in [1.82, 2.24) is 10.2 Å². The van der Waals surface area contributed by atoms with Gasteiger partial charge in [-0.1, -0.05) is 41.4 Å². The fraction of sp³-hybridized carbons (Fsp3) is 0.300. The Morgan fingerprint density at radius 2 is 1.81 bits per heavy atom. The Morgan fingerprint density at radius 3 is 2.50 bits per heavy atom. The molecule has 136 valence electrons. The van der Waals surface area contributed by atoms with Gasteiger partial charge in [-0.15, -0.1) is 0 Å². The topological polar surface area (TPSA) is 49.4 Å². The average molecular weight is 391 g/mol. The Hall–Kier alpha value is -1.88. The number of piperidine rings is 1. The molecule has 2 aromatic rings. The minimum absolute atomic E-state index is 0.117. The standard InChI is InChI=1S/C20H20Cl2N2O2/c1-23-14-5-4-10-24(12-14)20(26)16-7-3-2-6-15(16)19(25)13-8-9-17(21)18(22)11-13/h2-3,6-9,11,14,23H,4-5,10,12H2,1H3. The highest BCUT2D eigenvalue weighted by atomic mass is 35.5. The van der Waals surface area contributed by atoms with E-state index in [1.165, 1.54) is 6.07 Å². The number of carbonyl (C=O) groups excluding carboxylic acids is 2. The Morgan fingerprint density at radius 1 is 1.08 bits per heavy atom. The first-order chi connectivity index (χ1) is 12.5. The number of halogens is 2. The highest BCUT2D eigenvalue weighted by Crippen LogP contribution is 2.25. The van der Waals surface area contributed by atoms with Crippen molar-refractivity contribution < 1.29 is 9.59 Å². The van der Waals surface area contributed by atoms with E-state index >= 15 is 0 Å². The number of rotatable bonds is 4. The van der Waals surface area contributed by atoms with Crippen LogP contribution in [0.2, 0.25) is 10.0 Å². The lowest BCUT2D eigenvalue weighted by Crippen LogP contribution is -2.47. The highest BCUT2D eigenvalue weighted by Gasteiger charge is 2.26. The van der Waals surface area contributed by atoms with Crippen LogP contribution in [0.4, 0.5) is 0 Å². The number of nitrogens with one attached hydrogen (secondary N) is 1. The third kappa shape index (κ3) is 3.93. The lowest BCUT2D eigenvalue weighted by molar-refractivity contribution is 0.0694. The van der Waals surface area contributed by atoms with Gasteiger partial charge in [0.25, 0.3) is 5.91 Å². The van der Waals surface area contributed by atoms with Gasteiger partial charge < -0.3 is 10.2 Å². The zero-order chi connectivity index (χ0) is 18.7.